The molecule has 2 N–H and O–H groups in total. The predicted octanol–water partition coefficient (Wildman–Crippen LogP) is 4.86. The number of hydroxylamine groups is 1. The summed E-state index contributed by atoms with van der Waals surface area (Å²) in [5, 5.41) is 9.18. The third-order valence-electron chi connectivity index (χ3n) is 5.80. The Hall–Kier alpha value is -3.57. The summed E-state index contributed by atoms with van der Waals surface area (Å²) >= 11 is 0. The molecule has 1 heterocycles. The molecule has 3 aromatic rings. The van der Waals surface area contributed by atoms with Crippen molar-refractivity contribution >= 4 is 17.2 Å². The van der Waals surface area contributed by atoms with Crippen molar-refractivity contribution in [3.8, 4) is 5.75 Å². The van der Waals surface area contributed by atoms with E-state index < -0.39 is 5.91 Å². The molecule has 0 aliphatic carbocycles. The Balaban J connectivity index is 1.64. The number of anilines is 1. The molecular weight excluding hydrogens is 400 g/mol. The fourth-order valence-corrected chi connectivity index (χ4v) is 4.40. The van der Waals surface area contributed by atoms with Gasteiger partial charge in [0.1, 0.15) is 12.4 Å². The van der Waals surface area contributed by atoms with Crippen LogP contribution in [-0.4, -0.2) is 29.8 Å². The number of hydrogen-bond acceptors (Lipinski definition) is 4. The lowest BCUT2D eigenvalue weighted by Crippen LogP contribution is -2.47. The Morgan fingerprint density at radius 3 is 2.38 bits per heavy atom. The Morgan fingerprint density at radius 1 is 1.00 bits per heavy atom. The molecule has 4 rings (SSSR count). The molecule has 1 aliphatic heterocycles. The second-order valence-electron chi connectivity index (χ2n) is 8.04. The first kappa shape index (κ1) is 21.7. The van der Waals surface area contributed by atoms with Gasteiger partial charge >= 0.3 is 0 Å². The molecule has 32 heavy (non-hydrogen) atoms. The van der Waals surface area contributed by atoms with Gasteiger partial charge in [0.25, 0.3) is 0 Å². The Labute approximate surface area is 188 Å². The standard InChI is InChI=1S/C27H28N2O3/c1-20-16-22(19-32-24-12-6-3-7-13-24)25-14-8-9-15-26(25)29(20)23(18-27(30)28-31)17-21-10-4-2-5-11-21/h2-16,20,23,31H,17-19H2,1H3,(H,28,30). The number of fused-ring (bicyclic) bond motifs is 1. The first-order chi connectivity index (χ1) is 15.7. The van der Waals surface area contributed by atoms with Gasteiger partial charge in [0.2, 0.25) is 5.91 Å². The molecule has 0 fully saturated rings. The van der Waals surface area contributed by atoms with Gasteiger partial charge in [-0.2, -0.15) is 0 Å². The molecule has 0 saturated heterocycles. The number of nitrogens with one attached hydrogen (secondary N) is 1. The second kappa shape index (κ2) is 10.2. The largest absolute Gasteiger partial charge is 0.489 e. The van der Waals surface area contributed by atoms with Gasteiger partial charge in [-0.15, -0.1) is 0 Å². The van der Waals surface area contributed by atoms with E-state index in [1.54, 1.807) is 5.48 Å². The molecule has 2 unspecified atom stereocenters. The van der Waals surface area contributed by atoms with Crippen LogP contribution < -0.4 is 15.1 Å². The molecule has 0 bridgehead atoms. The fraction of sp³-hybridized carbons (Fsp3) is 0.222. The maximum Gasteiger partial charge on any atom is 0.245 e. The van der Waals surface area contributed by atoms with Crippen molar-refractivity contribution in [1.29, 1.82) is 0 Å². The van der Waals surface area contributed by atoms with E-state index >= 15 is 0 Å². The highest BCUT2D eigenvalue weighted by Crippen LogP contribution is 2.37. The zero-order valence-corrected chi connectivity index (χ0v) is 18.1. The van der Waals surface area contributed by atoms with E-state index in [1.165, 1.54) is 0 Å². The molecule has 164 valence electrons. The first-order valence-corrected chi connectivity index (χ1v) is 10.9. The SMILES string of the molecule is CC1C=C(COc2ccccc2)c2ccccc2N1C(CC(=O)NO)Cc1ccccc1. The lowest BCUT2D eigenvalue weighted by Gasteiger charge is -2.41. The smallest absolute Gasteiger partial charge is 0.245 e. The lowest BCUT2D eigenvalue weighted by molar-refractivity contribution is -0.129. The van der Waals surface area contributed by atoms with Gasteiger partial charge < -0.3 is 9.64 Å². The van der Waals surface area contributed by atoms with Gasteiger partial charge in [0, 0.05) is 29.8 Å². The highest BCUT2D eigenvalue weighted by atomic mass is 16.5. The second-order valence-corrected chi connectivity index (χ2v) is 8.04. The topological polar surface area (TPSA) is 61.8 Å². The molecule has 0 spiro atoms. The number of amides is 1. The normalized spacial score (nSPS) is 16.0. The van der Waals surface area contributed by atoms with Gasteiger partial charge in [-0.3, -0.25) is 10.0 Å². The van der Waals surface area contributed by atoms with Crippen LogP contribution in [0.1, 0.15) is 24.5 Å². The molecule has 2 atom stereocenters. The zero-order valence-electron chi connectivity index (χ0n) is 18.1. The monoisotopic (exact) mass is 428 g/mol. The van der Waals surface area contributed by atoms with Crippen molar-refractivity contribution in [2.45, 2.75) is 31.8 Å². The minimum atomic E-state index is -0.391. The molecule has 5 nitrogen and oxygen atoms in total. The molecule has 0 radical (unpaired) electrons. The number of carbonyl (C=O) groups excluding carboxylic acids is 1. The van der Waals surface area contributed by atoms with E-state index in [0.717, 1.165) is 28.1 Å². The van der Waals surface area contributed by atoms with Crippen LogP contribution in [0.5, 0.6) is 5.75 Å². The molecule has 0 saturated carbocycles. The lowest BCUT2D eigenvalue weighted by atomic mass is 9.91. The van der Waals surface area contributed by atoms with Crippen LogP contribution in [0.4, 0.5) is 5.69 Å². The van der Waals surface area contributed by atoms with Crippen molar-refractivity contribution in [3.63, 3.8) is 0 Å². The van der Waals surface area contributed by atoms with Crippen LogP contribution in [0, 0.1) is 0 Å². The summed E-state index contributed by atoms with van der Waals surface area (Å²) in [4.78, 5) is 14.5. The predicted molar refractivity (Wildman–Crippen MR) is 127 cm³/mol. The van der Waals surface area contributed by atoms with Crippen molar-refractivity contribution in [1.82, 2.24) is 5.48 Å². The molecule has 3 aromatic carbocycles. The van der Waals surface area contributed by atoms with Crippen LogP contribution >= 0.6 is 0 Å². The summed E-state index contributed by atoms with van der Waals surface area (Å²) < 4.78 is 6.04. The fourth-order valence-electron chi connectivity index (χ4n) is 4.40. The third kappa shape index (κ3) is 5.01. The number of ether oxygens (including phenoxy) is 1. The van der Waals surface area contributed by atoms with Crippen LogP contribution in [-0.2, 0) is 11.2 Å². The highest BCUT2D eigenvalue weighted by molar-refractivity contribution is 5.83. The summed E-state index contributed by atoms with van der Waals surface area (Å²) in [7, 11) is 0. The van der Waals surface area contributed by atoms with E-state index in [9.17, 15) is 10.0 Å². The first-order valence-electron chi connectivity index (χ1n) is 10.9. The Bertz CT molecular complexity index is 1070. The van der Waals surface area contributed by atoms with E-state index in [0.29, 0.717) is 13.0 Å². The van der Waals surface area contributed by atoms with E-state index in [4.69, 9.17) is 4.74 Å². The van der Waals surface area contributed by atoms with E-state index in [2.05, 4.69) is 42.2 Å². The quantitative estimate of drug-likeness (QED) is 0.397. The van der Waals surface area contributed by atoms with Crippen molar-refractivity contribution in [2.75, 3.05) is 11.5 Å². The highest BCUT2D eigenvalue weighted by Gasteiger charge is 2.31. The third-order valence-corrected chi connectivity index (χ3v) is 5.80. The van der Waals surface area contributed by atoms with Gasteiger partial charge in [-0.1, -0.05) is 72.8 Å². The number of rotatable bonds is 8. The summed E-state index contributed by atoms with van der Waals surface area (Å²) in [5.74, 6) is 0.445. The van der Waals surface area contributed by atoms with Crippen LogP contribution in [0.3, 0.4) is 0 Å². The Kier molecular flexibility index (Phi) is 6.87. The number of nitrogens with zero attached hydrogens (tertiary/aromatic N) is 1. The molecular formula is C27H28N2O3. The van der Waals surface area contributed by atoms with Crippen molar-refractivity contribution in [2.24, 2.45) is 0 Å². The van der Waals surface area contributed by atoms with Gasteiger partial charge in [-0.25, -0.2) is 5.48 Å². The van der Waals surface area contributed by atoms with Gasteiger partial charge in [0.15, 0.2) is 0 Å². The van der Waals surface area contributed by atoms with Crippen LogP contribution in [0.25, 0.3) is 5.57 Å². The zero-order chi connectivity index (χ0) is 22.3. The molecule has 1 amide bonds. The Morgan fingerprint density at radius 2 is 1.66 bits per heavy atom. The maximum atomic E-state index is 12.2. The van der Waals surface area contributed by atoms with Crippen molar-refractivity contribution in [3.05, 3.63) is 102 Å². The average Bonchev–Trinajstić information content (AvgIpc) is 2.83. The number of benzene rings is 3. The van der Waals surface area contributed by atoms with Crippen LogP contribution in [0.15, 0.2) is 91.0 Å². The van der Waals surface area contributed by atoms with Gasteiger partial charge in [0.05, 0.1) is 0 Å². The van der Waals surface area contributed by atoms with E-state index in [-0.39, 0.29) is 18.5 Å². The van der Waals surface area contributed by atoms with Crippen molar-refractivity contribution < 1.29 is 14.7 Å². The molecule has 1 aliphatic rings. The summed E-state index contributed by atoms with van der Waals surface area (Å²) in [6, 6.07) is 28.1. The minimum absolute atomic E-state index is 0.0551. The van der Waals surface area contributed by atoms with Gasteiger partial charge in [-0.05, 0) is 42.7 Å². The number of hydrogen-bond donors (Lipinski definition) is 2. The van der Waals surface area contributed by atoms with E-state index in [1.807, 2.05) is 60.7 Å². The average molecular weight is 429 g/mol. The summed E-state index contributed by atoms with van der Waals surface area (Å²) in [6.07, 6.45) is 3.09. The van der Waals surface area contributed by atoms with Crippen LogP contribution in [0.2, 0.25) is 0 Å². The number of para-hydroxylation sites is 2. The molecule has 5 heteroatoms. The maximum absolute atomic E-state index is 12.2. The number of carbonyl (C=O) groups is 1. The summed E-state index contributed by atoms with van der Waals surface area (Å²) in [5.41, 5.74) is 6.25. The minimum Gasteiger partial charge on any atom is -0.489 e. The molecule has 0 aromatic heterocycles. The summed E-state index contributed by atoms with van der Waals surface area (Å²) in [6.45, 7) is 2.60.